The number of carbonyl (C=O) groups excluding carboxylic acids is 1. The number of thiophene rings is 1. The van der Waals surface area contributed by atoms with Crippen molar-refractivity contribution in [2.75, 3.05) is 20.2 Å². The van der Waals surface area contributed by atoms with Gasteiger partial charge in [0, 0.05) is 23.3 Å². The minimum absolute atomic E-state index is 0.358. The van der Waals surface area contributed by atoms with Gasteiger partial charge in [-0.25, -0.2) is 4.79 Å². The molecule has 0 spiro atoms. The van der Waals surface area contributed by atoms with Crippen LogP contribution < -0.4 is 5.32 Å². The van der Waals surface area contributed by atoms with Gasteiger partial charge in [0.2, 0.25) is 0 Å². The van der Waals surface area contributed by atoms with E-state index in [1.54, 1.807) is 11.4 Å². The summed E-state index contributed by atoms with van der Waals surface area (Å²) in [6.07, 6.45) is 0. The number of rotatable bonds is 2. The van der Waals surface area contributed by atoms with E-state index in [-0.39, 0.29) is 5.97 Å². The van der Waals surface area contributed by atoms with Gasteiger partial charge in [-0.2, -0.15) is 0 Å². The molecule has 0 saturated carbocycles. The molecule has 1 aromatic rings. The third kappa shape index (κ3) is 1.43. The van der Waals surface area contributed by atoms with Crippen LogP contribution in [-0.4, -0.2) is 31.3 Å². The first-order valence-corrected chi connectivity index (χ1v) is 5.14. The maximum absolute atomic E-state index is 11.1. The Morgan fingerprint density at radius 2 is 2.43 bits per heavy atom. The van der Waals surface area contributed by atoms with Crippen molar-refractivity contribution in [3.8, 4) is 0 Å². The number of esters is 1. The van der Waals surface area contributed by atoms with E-state index < -0.39 is 5.60 Å². The monoisotopic (exact) mass is 213 g/mol. The summed E-state index contributed by atoms with van der Waals surface area (Å²) in [5.74, 6) is -0.358. The largest absolute Gasteiger partial charge is 0.465 e. The lowest BCUT2D eigenvalue weighted by molar-refractivity contribution is -0.0112. The first kappa shape index (κ1) is 9.64. The van der Waals surface area contributed by atoms with Gasteiger partial charge in [0.25, 0.3) is 0 Å². The van der Waals surface area contributed by atoms with Crippen LogP contribution in [0.25, 0.3) is 0 Å². The SMILES string of the molecule is COC(=O)c1csc(C2(O)CNC2)c1. The Morgan fingerprint density at radius 3 is 2.93 bits per heavy atom. The maximum atomic E-state index is 11.1. The van der Waals surface area contributed by atoms with Crippen LogP contribution in [0.3, 0.4) is 0 Å². The Kier molecular flexibility index (Phi) is 2.30. The van der Waals surface area contributed by atoms with Crippen molar-refractivity contribution >= 4 is 17.3 Å². The molecule has 0 atom stereocenters. The van der Waals surface area contributed by atoms with Crippen LogP contribution in [0.15, 0.2) is 11.4 Å². The number of aliphatic hydroxyl groups is 1. The maximum Gasteiger partial charge on any atom is 0.338 e. The van der Waals surface area contributed by atoms with E-state index in [0.29, 0.717) is 18.7 Å². The van der Waals surface area contributed by atoms with Crippen molar-refractivity contribution < 1.29 is 14.6 Å². The fourth-order valence-electron chi connectivity index (χ4n) is 1.34. The zero-order valence-corrected chi connectivity index (χ0v) is 8.56. The fourth-order valence-corrected chi connectivity index (χ4v) is 2.32. The van der Waals surface area contributed by atoms with Crippen LogP contribution in [0.1, 0.15) is 15.2 Å². The van der Waals surface area contributed by atoms with E-state index in [1.807, 2.05) is 0 Å². The second-order valence-corrected chi connectivity index (χ2v) is 4.24. The molecule has 2 heterocycles. The molecule has 0 unspecified atom stereocenters. The molecule has 5 heteroatoms. The topological polar surface area (TPSA) is 58.6 Å². The molecular weight excluding hydrogens is 202 g/mol. The van der Waals surface area contributed by atoms with Crippen LogP contribution in [0, 0.1) is 0 Å². The van der Waals surface area contributed by atoms with E-state index >= 15 is 0 Å². The number of carbonyl (C=O) groups is 1. The molecule has 0 aromatic carbocycles. The van der Waals surface area contributed by atoms with Gasteiger partial charge in [0.15, 0.2) is 0 Å². The highest BCUT2D eigenvalue weighted by Crippen LogP contribution is 2.30. The molecule has 1 saturated heterocycles. The Hall–Kier alpha value is -0.910. The number of ether oxygens (including phenoxy) is 1. The molecule has 76 valence electrons. The molecule has 4 nitrogen and oxygen atoms in total. The number of hydrogen-bond acceptors (Lipinski definition) is 5. The highest BCUT2D eigenvalue weighted by molar-refractivity contribution is 7.10. The Bertz CT molecular complexity index is 357. The summed E-state index contributed by atoms with van der Waals surface area (Å²) in [4.78, 5) is 12.0. The number of methoxy groups -OCH3 is 1. The van der Waals surface area contributed by atoms with E-state index in [0.717, 1.165) is 4.88 Å². The van der Waals surface area contributed by atoms with Gasteiger partial charge in [-0.15, -0.1) is 11.3 Å². The van der Waals surface area contributed by atoms with E-state index in [1.165, 1.54) is 18.4 Å². The summed E-state index contributed by atoms with van der Waals surface area (Å²) in [6, 6.07) is 1.69. The highest BCUT2D eigenvalue weighted by Gasteiger charge is 2.37. The predicted octanol–water partition coefficient (Wildman–Crippen LogP) is 0.325. The molecule has 2 N–H and O–H groups in total. The number of hydrogen-bond donors (Lipinski definition) is 2. The quantitative estimate of drug-likeness (QED) is 0.695. The third-order valence-electron chi connectivity index (χ3n) is 2.31. The van der Waals surface area contributed by atoms with Crippen molar-refractivity contribution in [2.45, 2.75) is 5.60 Å². The standard InChI is InChI=1S/C9H11NO3S/c1-13-8(11)6-2-7(14-3-6)9(12)4-10-5-9/h2-3,10,12H,4-5H2,1H3. The van der Waals surface area contributed by atoms with E-state index in [9.17, 15) is 9.90 Å². The third-order valence-corrected chi connectivity index (χ3v) is 3.44. The predicted molar refractivity (Wildman–Crippen MR) is 52.4 cm³/mol. The summed E-state index contributed by atoms with van der Waals surface area (Å²) in [5.41, 5.74) is -0.274. The molecule has 2 rings (SSSR count). The van der Waals surface area contributed by atoms with Crippen molar-refractivity contribution in [1.29, 1.82) is 0 Å². The number of nitrogens with one attached hydrogen (secondary N) is 1. The molecule has 0 bridgehead atoms. The second-order valence-electron chi connectivity index (χ2n) is 3.33. The average molecular weight is 213 g/mol. The van der Waals surface area contributed by atoms with Crippen molar-refractivity contribution in [3.63, 3.8) is 0 Å². The molecule has 0 aliphatic carbocycles. The van der Waals surface area contributed by atoms with Gasteiger partial charge < -0.3 is 15.2 Å². The number of β-amino-alcohol motifs (C(OH)–C–C–N with tert-alkyl or cyclic N) is 1. The van der Waals surface area contributed by atoms with Crippen LogP contribution in [0.5, 0.6) is 0 Å². The van der Waals surface area contributed by atoms with Crippen LogP contribution >= 0.6 is 11.3 Å². The van der Waals surface area contributed by atoms with Crippen molar-refractivity contribution in [3.05, 3.63) is 21.9 Å². The van der Waals surface area contributed by atoms with E-state index in [2.05, 4.69) is 10.1 Å². The first-order chi connectivity index (χ1) is 6.65. The van der Waals surface area contributed by atoms with E-state index in [4.69, 9.17) is 0 Å². The molecule has 1 aliphatic rings. The van der Waals surface area contributed by atoms with Gasteiger partial charge in [-0.1, -0.05) is 0 Å². The molecular formula is C9H11NO3S. The molecule has 1 aliphatic heterocycles. The van der Waals surface area contributed by atoms with Gasteiger partial charge >= 0.3 is 5.97 Å². The van der Waals surface area contributed by atoms with Gasteiger partial charge in [0.1, 0.15) is 5.60 Å². The first-order valence-electron chi connectivity index (χ1n) is 4.26. The lowest BCUT2D eigenvalue weighted by atomic mass is 9.95. The minimum Gasteiger partial charge on any atom is -0.465 e. The zero-order chi connectivity index (χ0) is 10.2. The highest BCUT2D eigenvalue weighted by atomic mass is 32.1. The molecule has 1 aromatic heterocycles. The Balaban J connectivity index is 2.21. The summed E-state index contributed by atoms with van der Waals surface area (Å²) in [7, 11) is 1.35. The minimum atomic E-state index is -0.781. The zero-order valence-electron chi connectivity index (χ0n) is 7.74. The lowest BCUT2D eigenvalue weighted by Gasteiger charge is -2.36. The van der Waals surface area contributed by atoms with Gasteiger partial charge in [-0.3, -0.25) is 0 Å². The van der Waals surface area contributed by atoms with Crippen molar-refractivity contribution in [1.82, 2.24) is 5.32 Å². The molecule has 0 amide bonds. The summed E-state index contributed by atoms with van der Waals surface area (Å²) >= 11 is 1.39. The molecule has 0 radical (unpaired) electrons. The van der Waals surface area contributed by atoms with Gasteiger partial charge in [0.05, 0.1) is 12.7 Å². The second kappa shape index (κ2) is 3.34. The van der Waals surface area contributed by atoms with Crippen molar-refractivity contribution in [2.24, 2.45) is 0 Å². The van der Waals surface area contributed by atoms with Crippen LogP contribution in [-0.2, 0) is 10.3 Å². The Morgan fingerprint density at radius 1 is 1.71 bits per heavy atom. The summed E-state index contributed by atoms with van der Waals surface area (Å²) < 4.78 is 4.58. The summed E-state index contributed by atoms with van der Waals surface area (Å²) in [6.45, 7) is 1.10. The van der Waals surface area contributed by atoms with Gasteiger partial charge in [-0.05, 0) is 6.07 Å². The molecule has 1 fully saturated rings. The Labute approximate surface area is 85.5 Å². The average Bonchev–Trinajstić information content (AvgIpc) is 2.62. The van der Waals surface area contributed by atoms with Crippen LogP contribution in [0.4, 0.5) is 0 Å². The summed E-state index contributed by atoms with van der Waals surface area (Å²) in [5, 5.41) is 14.6. The van der Waals surface area contributed by atoms with Crippen LogP contribution in [0.2, 0.25) is 0 Å². The normalized spacial score (nSPS) is 18.7. The smallest absolute Gasteiger partial charge is 0.338 e. The molecule has 14 heavy (non-hydrogen) atoms. The fraction of sp³-hybridized carbons (Fsp3) is 0.444. The lowest BCUT2D eigenvalue weighted by Crippen LogP contribution is -2.56.